The first-order valence-corrected chi connectivity index (χ1v) is 12.2. The molecule has 1 aliphatic carbocycles. The maximum absolute atomic E-state index is 12.5. The Hall–Kier alpha value is -2.21. The van der Waals surface area contributed by atoms with Gasteiger partial charge < -0.3 is 10.6 Å². The van der Waals surface area contributed by atoms with Gasteiger partial charge in [-0.3, -0.25) is 14.6 Å². The van der Waals surface area contributed by atoms with Crippen molar-refractivity contribution >= 4 is 29.0 Å². The van der Waals surface area contributed by atoms with Crippen LogP contribution in [0.3, 0.4) is 0 Å². The van der Waals surface area contributed by atoms with Crippen molar-refractivity contribution in [2.24, 2.45) is 16.6 Å². The number of halogens is 2. The number of allylic oxidation sites excluding steroid dienone is 2. The summed E-state index contributed by atoms with van der Waals surface area (Å²) < 4.78 is 12.4. The first-order valence-electron chi connectivity index (χ1n) is 11.8. The summed E-state index contributed by atoms with van der Waals surface area (Å²) in [6.07, 6.45) is 5.65. The molecule has 1 fully saturated rings. The van der Waals surface area contributed by atoms with Crippen LogP contribution in [0, 0.1) is 18.7 Å². The maximum atomic E-state index is 12.5. The van der Waals surface area contributed by atoms with Crippen molar-refractivity contribution in [2.45, 2.75) is 73.1 Å². The van der Waals surface area contributed by atoms with E-state index >= 15 is 0 Å². The number of amides is 1. The van der Waals surface area contributed by atoms with Crippen molar-refractivity contribution < 1.29 is 14.0 Å². The molecule has 0 bridgehead atoms. The standard InChI is InChI=1S/C19H33N3O2.C7H6ClF/c1-5-11-22(12-10-14(3)6-2)18(24)13-21-17-9-7-8-16(17)19(20)15(4)23;1-5-3-2-4-6(9)7(5)8/h14H,5-13,20H2,1-4H3;2-4H,1H3/b19-16-,21-17?;. The van der Waals surface area contributed by atoms with Gasteiger partial charge in [0.15, 0.2) is 5.78 Å². The Bertz CT molecular complexity index is 847. The lowest BCUT2D eigenvalue weighted by molar-refractivity contribution is -0.129. The third-order valence-electron chi connectivity index (χ3n) is 5.88. The number of ketones is 1. The summed E-state index contributed by atoms with van der Waals surface area (Å²) in [4.78, 5) is 30.4. The van der Waals surface area contributed by atoms with Crippen molar-refractivity contribution in [1.82, 2.24) is 4.90 Å². The van der Waals surface area contributed by atoms with Crippen LogP contribution in [0.4, 0.5) is 4.39 Å². The molecule has 33 heavy (non-hydrogen) atoms. The van der Waals surface area contributed by atoms with Crippen LogP contribution in [0.15, 0.2) is 34.5 Å². The van der Waals surface area contributed by atoms with Crippen molar-refractivity contribution in [3.05, 3.63) is 45.9 Å². The second-order valence-electron chi connectivity index (χ2n) is 8.62. The minimum Gasteiger partial charge on any atom is -0.396 e. The van der Waals surface area contributed by atoms with Crippen molar-refractivity contribution in [2.75, 3.05) is 19.6 Å². The first kappa shape index (κ1) is 28.8. The molecular weight excluding hydrogens is 441 g/mol. The minimum atomic E-state index is -0.350. The van der Waals surface area contributed by atoms with E-state index in [1.54, 1.807) is 19.1 Å². The van der Waals surface area contributed by atoms with Gasteiger partial charge >= 0.3 is 0 Å². The van der Waals surface area contributed by atoms with E-state index in [1.807, 2.05) is 4.90 Å². The summed E-state index contributed by atoms with van der Waals surface area (Å²) in [6.45, 7) is 11.5. The number of aryl methyl sites for hydroxylation is 1. The molecule has 1 aromatic rings. The van der Waals surface area contributed by atoms with Gasteiger partial charge in [-0.1, -0.05) is 50.9 Å². The van der Waals surface area contributed by atoms with Gasteiger partial charge in [0.2, 0.25) is 5.91 Å². The molecule has 1 unspecified atom stereocenters. The molecule has 1 amide bonds. The van der Waals surface area contributed by atoms with Crippen LogP contribution in [0.25, 0.3) is 0 Å². The number of hydrogen-bond donors (Lipinski definition) is 1. The number of rotatable bonds is 9. The number of hydrogen-bond acceptors (Lipinski definition) is 4. The Morgan fingerprint density at radius 3 is 2.48 bits per heavy atom. The van der Waals surface area contributed by atoms with E-state index < -0.39 is 0 Å². The van der Waals surface area contributed by atoms with E-state index in [1.165, 1.54) is 13.0 Å². The molecule has 1 atom stereocenters. The van der Waals surface area contributed by atoms with Crippen molar-refractivity contribution in [3.8, 4) is 0 Å². The predicted octanol–water partition coefficient (Wildman–Crippen LogP) is 5.88. The number of nitrogens with two attached hydrogens (primary N) is 1. The van der Waals surface area contributed by atoms with E-state index in [4.69, 9.17) is 17.3 Å². The molecule has 1 aromatic carbocycles. The highest BCUT2D eigenvalue weighted by atomic mass is 35.5. The van der Waals surface area contributed by atoms with E-state index in [0.29, 0.717) is 11.6 Å². The summed E-state index contributed by atoms with van der Waals surface area (Å²) in [5.74, 6) is 0.229. The molecule has 1 saturated carbocycles. The molecule has 0 heterocycles. The Morgan fingerprint density at radius 2 is 1.94 bits per heavy atom. The Labute approximate surface area is 203 Å². The van der Waals surface area contributed by atoms with Crippen molar-refractivity contribution in [3.63, 3.8) is 0 Å². The molecule has 0 aliphatic heterocycles. The number of nitrogens with zero attached hydrogens (tertiary/aromatic N) is 2. The molecule has 184 valence electrons. The van der Waals surface area contributed by atoms with Crippen LogP contribution in [0.2, 0.25) is 5.02 Å². The lowest BCUT2D eigenvalue weighted by Gasteiger charge is -2.23. The Morgan fingerprint density at radius 1 is 1.24 bits per heavy atom. The number of Topliss-reactive ketones (excluding diaryl/α,β-unsaturated/α-hetero) is 1. The van der Waals surface area contributed by atoms with E-state index in [9.17, 15) is 14.0 Å². The van der Waals surface area contributed by atoms with Gasteiger partial charge in [0.05, 0.1) is 10.7 Å². The van der Waals surface area contributed by atoms with E-state index in [2.05, 4.69) is 25.8 Å². The first-order chi connectivity index (χ1) is 15.6. The number of aliphatic imine (C=N–C) groups is 1. The zero-order chi connectivity index (χ0) is 25.0. The Balaban J connectivity index is 0.000000502. The third-order valence-corrected chi connectivity index (χ3v) is 6.36. The fourth-order valence-corrected chi connectivity index (χ4v) is 3.62. The second-order valence-corrected chi connectivity index (χ2v) is 9.00. The largest absolute Gasteiger partial charge is 0.396 e. The maximum Gasteiger partial charge on any atom is 0.244 e. The smallest absolute Gasteiger partial charge is 0.244 e. The fourth-order valence-electron chi connectivity index (χ4n) is 3.49. The normalized spacial score (nSPS) is 16.8. The average Bonchev–Trinajstić information content (AvgIpc) is 3.26. The molecule has 5 nitrogen and oxygen atoms in total. The fraction of sp³-hybridized carbons (Fsp3) is 0.577. The number of carbonyl (C=O) groups excluding carboxylic acids is 2. The summed E-state index contributed by atoms with van der Waals surface area (Å²) in [7, 11) is 0. The van der Waals surface area contributed by atoms with Gasteiger partial charge in [0, 0.05) is 25.7 Å². The van der Waals surface area contributed by atoms with Gasteiger partial charge in [0.1, 0.15) is 12.4 Å². The molecule has 0 aromatic heterocycles. The number of carbonyl (C=O) groups is 2. The second kappa shape index (κ2) is 14.8. The molecule has 0 radical (unpaired) electrons. The van der Waals surface area contributed by atoms with Crippen LogP contribution >= 0.6 is 11.6 Å². The van der Waals surface area contributed by atoms with Gasteiger partial charge in [0.25, 0.3) is 0 Å². The highest BCUT2D eigenvalue weighted by Crippen LogP contribution is 2.24. The van der Waals surface area contributed by atoms with Gasteiger partial charge in [-0.15, -0.1) is 0 Å². The zero-order valence-corrected chi connectivity index (χ0v) is 21.5. The zero-order valence-electron chi connectivity index (χ0n) is 20.7. The lowest BCUT2D eigenvalue weighted by atomic mass is 10.1. The quantitative estimate of drug-likeness (QED) is 0.449. The summed E-state index contributed by atoms with van der Waals surface area (Å²) in [5, 5.41) is 0.220. The highest BCUT2D eigenvalue weighted by molar-refractivity contribution is 6.31. The van der Waals surface area contributed by atoms with E-state index in [-0.39, 0.29) is 29.1 Å². The van der Waals surface area contributed by atoms with Crippen LogP contribution in [0.5, 0.6) is 0 Å². The number of benzene rings is 1. The van der Waals surface area contributed by atoms with Gasteiger partial charge in [-0.2, -0.15) is 0 Å². The highest BCUT2D eigenvalue weighted by Gasteiger charge is 2.21. The summed E-state index contributed by atoms with van der Waals surface area (Å²) in [5.41, 5.74) is 8.64. The SMILES string of the molecule is CCCN(CCC(C)CC)C(=O)CN=C1CCC/C1=C(/N)C(C)=O.Cc1cccc(F)c1Cl. The molecule has 7 heteroatoms. The van der Waals surface area contributed by atoms with Gasteiger partial charge in [-0.05, 0) is 62.1 Å². The van der Waals surface area contributed by atoms with Crippen LogP contribution in [0.1, 0.15) is 71.8 Å². The topological polar surface area (TPSA) is 75.8 Å². The molecule has 2 N–H and O–H groups in total. The van der Waals surface area contributed by atoms with Crippen LogP contribution in [-0.2, 0) is 9.59 Å². The monoisotopic (exact) mass is 479 g/mol. The Kier molecular flexibility index (Phi) is 13.0. The average molecular weight is 480 g/mol. The molecule has 1 aliphatic rings. The molecule has 2 rings (SSSR count). The van der Waals surface area contributed by atoms with Crippen LogP contribution in [-0.4, -0.2) is 41.9 Å². The van der Waals surface area contributed by atoms with Crippen LogP contribution < -0.4 is 5.73 Å². The van der Waals surface area contributed by atoms with E-state index in [0.717, 1.165) is 68.5 Å². The van der Waals surface area contributed by atoms with Crippen molar-refractivity contribution in [1.29, 1.82) is 0 Å². The summed E-state index contributed by atoms with van der Waals surface area (Å²) in [6, 6.07) is 4.75. The predicted molar refractivity (Wildman–Crippen MR) is 135 cm³/mol. The molecule has 0 saturated heterocycles. The molecule has 0 spiro atoms. The summed E-state index contributed by atoms with van der Waals surface area (Å²) >= 11 is 5.50. The lowest BCUT2D eigenvalue weighted by Crippen LogP contribution is -2.35. The minimum absolute atomic E-state index is 0.0697. The third kappa shape index (κ3) is 9.66. The molecular formula is C26H39ClFN3O2. The van der Waals surface area contributed by atoms with Gasteiger partial charge in [-0.25, -0.2) is 4.39 Å².